The van der Waals surface area contributed by atoms with E-state index in [2.05, 4.69) is 10.4 Å². The molecule has 0 unspecified atom stereocenters. The van der Waals surface area contributed by atoms with Gasteiger partial charge in [0.15, 0.2) is 0 Å². The van der Waals surface area contributed by atoms with Crippen LogP contribution in [-0.4, -0.2) is 26.8 Å². The molecule has 0 fully saturated rings. The quantitative estimate of drug-likeness (QED) is 0.850. The number of amides is 1. The average molecular weight is 336 g/mol. The fraction of sp³-hybridized carbons (Fsp3) is 0.312. The molecule has 1 heterocycles. The monoisotopic (exact) mass is 335 g/mol. The summed E-state index contributed by atoms with van der Waals surface area (Å²) in [6.45, 7) is 4.25. The number of rotatable bonds is 6. The molecule has 0 aliphatic heterocycles. The number of hydrogen-bond acceptors (Lipinski definition) is 3. The summed E-state index contributed by atoms with van der Waals surface area (Å²) in [6, 6.07) is 7.78. The van der Waals surface area contributed by atoms with E-state index in [1.54, 1.807) is 41.9 Å². The van der Waals surface area contributed by atoms with Crippen LogP contribution in [0, 0.1) is 6.92 Å². The lowest BCUT2D eigenvalue weighted by molar-refractivity contribution is -0.137. The molecule has 1 atom stereocenters. The molecule has 0 spiro atoms. The fourth-order valence-electron chi connectivity index (χ4n) is 2.32. The smallest absolute Gasteiger partial charge is 0.305 e. The topological polar surface area (TPSA) is 84.2 Å². The summed E-state index contributed by atoms with van der Waals surface area (Å²) in [6.07, 6.45) is -0.216. The molecule has 0 saturated carbocycles. The zero-order valence-electron chi connectivity index (χ0n) is 12.9. The Morgan fingerprint density at radius 1 is 1.35 bits per heavy atom. The lowest BCUT2D eigenvalue weighted by atomic mass is 10.0. The highest BCUT2D eigenvalue weighted by molar-refractivity contribution is 6.30. The Kier molecular flexibility index (Phi) is 5.39. The van der Waals surface area contributed by atoms with Crippen molar-refractivity contribution in [3.05, 3.63) is 52.3 Å². The molecule has 1 aromatic carbocycles. The maximum Gasteiger partial charge on any atom is 0.305 e. The van der Waals surface area contributed by atoms with Gasteiger partial charge in [0, 0.05) is 11.6 Å². The summed E-state index contributed by atoms with van der Waals surface area (Å²) >= 11 is 5.85. The van der Waals surface area contributed by atoms with Crippen molar-refractivity contribution in [1.29, 1.82) is 0 Å². The Bertz CT molecular complexity index is 710. The van der Waals surface area contributed by atoms with E-state index in [1.165, 1.54) is 0 Å². The van der Waals surface area contributed by atoms with Gasteiger partial charge >= 0.3 is 5.97 Å². The van der Waals surface area contributed by atoms with Crippen molar-refractivity contribution in [2.24, 2.45) is 0 Å². The number of aryl methyl sites for hydroxylation is 2. The lowest BCUT2D eigenvalue weighted by Gasteiger charge is -2.18. The van der Waals surface area contributed by atoms with Crippen LogP contribution in [0.1, 0.15) is 41.1 Å². The lowest BCUT2D eigenvalue weighted by Crippen LogP contribution is -2.31. The Hall–Kier alpha value is -2.34. The van der Waals surface area contributed by atoms with Crippen molar-refractivity contribution in [2.75, 3.05) is 0 Å². The maximum atomic E-state index is 12.5. The van der Waals surface area contributed by atoms with Crippen LogP contribution < -0.4 is 5.32 Å². The first-order chi connectivity index (χ1) is 10.9. The van der Waals surface area contributed by atoms with Gasteiger partial charge in [-0.05, 0) is 37.6 Å². The number of carboxylic acids is 1. The van der Waals surface area contributed by atoms with Crippen LogP contribution in [0.15, 0.2) is 30.3 Å². The minimum atomic E-state index is -0.995. The summed E-state index contributed by atoms with van der Waals surface area (Å²) < 4.78 is 1.59. The number of halogens is 1. The van der Waals surface area contributed by atoms with E-state index in [-0.39, 0.29) is 12.3 Å². The predicted octanol–water partition coefficient (Wildman–Crippen LogP) is 2.81. The fourth-order valence-corrected chi connectivity index (χ4v) is 2.45. The summed E-state index contributed by atoms with van der Waals surface area (Å²) in [4.78, 5) is 23.6. The average Bonchev–Trinajstić information content (AvgIpc) is 2.88. The SMILES string of the molecule is CCn1nc(C)cc1C(=O)N[C@H](CC(=O)O)c1ccc(Cl)cc1. The minimum Gasteiger partial charge on any atom is -0.481 e. The van der Waals surface area contributed by atoms with Crippen molar-refractivity contribution in [3.8, 4) is 0 Å². The Labute approximate surface area is 139 Å². The van der Waals surface area contributed by atoms with E-state index in [9.17, 15) is 9.59 Å². The molecule has 0 aliphatic carbocycles. The number of benzene rings is 1. The van der Waals surface area contributed by atoms with Crippen LogP contribution in [-0.2, 0) is 11.3 Å². The standard InChI is InChI=1S/C16H18ClN3O3/c1-3-20-14(8-10(2)19-20)16(23)18-13(9-15(21)22)11-4-6-12(17)7-5-11/h4-8,13H,3,9H2,1-2H3,(H,18,23)(H,21,22)/t13-/m1/s1. The predicted molar refractivity (Wildman–Crippen MR) is 86.6 cm³/mol. The number of nitrogens with one attached hydrogen (secondary N) is 1. The zero-order chi connectivity index (χ0) is 17.0. The Balaban J connectivity index is 2.24. The normalized spacial score (nSPS) is 12.0. The Morgan fingerprint density at radius 2 is 2.00 bits per heavy atom. The van der Waals surface area contributed by atoms with Gasteiger partial charge in [0.1, 0.15) is 5.69 Å². The van der Waals surface area contributed by atoms with Crippen molar-refractivity contribution in [2.45, 2.75) is 32.9 Å². The van der Waals surface area contributed by atoms with Gasteiger partial charge in [-0.2, -0.15) is 5.10 Å². The van der Waals surface area contributed by atoms with Gasteiger partial charge in [-0.25, -0.2) is 0 Å². The van der Waals surface area contributed by atoms with E-state index in [0.717, 1.165) is 5.69 Å². The van der Waals surface area contributed by atoms with E-state index in [4.69, 9.17) is 16.7 Å². The summed E-state index contributed by atoms with van der Waals surface area (Å²) in [7, 11) is 0. The second-order valence-electron chi connectivity index (χ2n) is 5.16. The molecular weight excluding hydrogens is 318 g/mol. The van der Waals surface area contributed by atoms with E-state index in [0.29, 0.717) is 22.8 Å². The van der Waals surface area contributed by atoms with Gasteiger partial charge in [-0.1, -0.05) is 23.7 Å². The molecule has 6 nitrogen and oxygen atoms in total. The van der Waals surface area contributed by atoms with Gasteiger partial charge in [0.2, 0.25) is 0 Å². The van der Waals surface area contributed by atoms with Crippen LogP contribution in [0.2, 0.25) is 5.02 Å². The second kappa shape index (κ2) is 7.28. The van der Waals surface area contributed by atoms with E-state index in [1.807, 2.05) is 6.92 Å². The van der Waals surface area contributed by atoms with Gasteiger partial charge in [-0.3, -0.25) is 14.3 Å². The molecule has 0 saturated heterocycles. The zero-order valence-corrected chi connectivity index (χ0v) is 13.7. The number of aromatic nitrogens is 2. The summed E-state index contributed by atoms with van der Waals surface area (Å²) in [5.41, 5.74) is 1.83. The molecule has 1 aromatic heterocycles. The minimum absolute atomic E-state index is 0.216. The molecule has 0 aliphatic rings. The summed E-state index contributed by atoms with van der Waals surface area (Å²) in [5, 5.41) is 16.6. The highest BCUT2D eigenvalue weighted by atomic mass is 35.5. The second-order valence-corrected chi connectivity index (χ2v) is 5.60. The van der Waals surface area contributed by atoms with Crippen LogP contribution in [0.4, 0.5) is 0 Å². The molecule has 2 aromatic rings. The van der Waals surface area contributed by atoms with Gasteiger partial charge < -0.3 is 10.4 Å². The Morgan fingerprint density at radius 3 is 2.57 bits per heavy atom. The maximum absolute atomic E-state index is 12.5. The third-order valence-corrected chi connectivity index (χ3v) is 3.64. The van der Waals surface area contributed by atoms with Crippen molar-refractivity contribution in [1.82, 2.24) is 15.1 Å². The molecule has 2 N–H and O–H groups in total. The van der Waals surface area contributed by atoms with Crippen LogP contribution in [0.5, 0.6) is 0 Å². The molecule has 7 heteroatoms. The number of carbonyl (C=O) groups is 2. The van der Waals surface area contributed by atoms with Crippen molar-refractivity contribution < 1.29 is 14.7 Å². The first kappa shape index (κ1) is 17.0. The summed E-state index contributed by atoms with van der Waals surface area (Å²) in [5.74, 6) is -1.35. The number of carboxylic acid groups (broad SMARTS) is 1. The third-order valence-electron chi connectivity index (χ3n) is 3.39. The van der Waals surface area contributed by atoms with Crippen LogP contribution in [0.25, 0.3) is 0 Å². The van der Waals surface area contributed by atoms with E-state index >= 15 is 0 Å². The first-order valence-electron chi connectivity index (χ1n) is 7.23. The molecule has 1 amide bonds. The van der Waals surface area contributed by atoms with E-state index < -0.39 is 12.0 Å². The van der Waals surface area contributed by atoms with Crippen molar-refractivity contribution >= 4 is 23.5 Å². The molecule has 23 heavy (non-hydrogen) atoms. The van der Waals surface area contributed by atoms with Crippen molar-refractivity contribution in [3.63, 3.8) is 0 Å². The first-order valence-corrected chi connectivity index (χ1v) is 7.61. The molecular formula is C16H18ClN3O3. The number of carbonyl (C=O) groups excluding carboxylic acids is 1. The van der Waals surface area contributed by atoms with Crippen LogP contribution in [0.3, 0.4) is 0 Å². The van der Waals surface area contributed by atoms with Crippen LogP contribution >= 0.6 is 11.6 Å². The third kappa shape index (κ3) is 4.32. The molecule has 2 rings (SSSR count). The number of hydrogen-bond donors (Lipinski definition) is 2. The van der Waals surface area contributed by atoms with Gasteiger partial charge in [0.25, 0.3) is 5.91 Å². The van der Waals surface area contributed by atoms with Gasteiger partial charge in [-0.15, -0.1) is 0 Å². The molecule has 0 bridgehead atoms. The molecule has 122 valence electrons. The number of aliphatic carboxylic acids is 1. The number of nitrogens with zero attached hydrogens (tertiary/aromatic N) is 2. The highest BCUT2D eigenvalue weighted by Gasteiger charge is 2.21. The largest absolute Gasteiger partial charge is 0.481 e. The highest BCUT2D eigenvalue weighted by Crippen LogP contribution is 2.20. The molecule has 0 radical (unpaired) electrons. The van der Waals surface area contributed by atoms with Gasteiger partial charge in [0.05, 0.1) is 18.2 Å².